The molecule has 13 heteroatoms. The monoisotopic (exact) mass is 806 g/mol. The minimum Gasteiger partial charge on any atom is -0.479 e. The van der Waals surface area contributed by atoms with Gasteiger partial charge in [0.25, 0.3) is 0 Å². The number of aliphatic hydroxyl groups is 5. The van der Waals surface area contributed by atoms with Crippen LogP contribution in [0.5, 0.6) is 0 Å². The molecular weight excluding hydrogens is 736 g/mol. The fourth-order valence-electron chi connectivity index (χ4n) is 10.0. The zero-order valence-corrected chi connectivity index (χ0v) is 34.7. The normalized spacial score (nSPS) is 42.2. The molecule has 0 radical (unpaired) electrons. The number of rotatable bonds is 13. The van der Waals surface area contributed by atoms with E-state index in [1.165, 1.54) is 6.92 Å². The summed E-state index contributed by atoms with van der Waals surface area (Å²) in [5.74, 6) is -3.05. The fourth-order valence-corrected chi connectivity index (χ4v) is 10.0. The van der Waals surface area contributed by atoms with Crippen LogP contribution in [0.4, 0.5) is 0 Å². The van der Waals surface area contributed by atoms with Crippen molar-refractivity contribution in [3.8, 4) is 0 Å². The van der Waals surface area contributed by atoms with Crippen molar-refractivity contribution in [1.82, 2.24) is 0 Å². The first kappa shape index (κ1) is 44.8. The van der Waals surface area contributed by atoms with Gasteiger partial charge in [-0.3, -0.25) is 0 Å². The molecule has 0 bridgehead atoms. The Morgan fingerprint density at radius 2 is 1.77 bits per heavy atom. The van der Waals surface area contributed by atoms with Crippen molar-refractivity contribution in [2.75, 3.05) is 6.61 Å². The highest BCUT2D eigenvalue weighted by molar-refractivity contribution is 5.76. The van der Waals surface area contributed by atoms with E-state index in [1.54, 1.807) is 12.2 Å². The Balaban J connectivity index is 0.963. The minimum atomic E-state index is -1.97. The van der Waals surface area contributed by atoms with Crippen molar-refractivity contribution < 1.29 is 63.9 Å². The Kier molecular flexibility index (Phi) is 14.5. The van der Waals surface area contributed by atoms with Crippen LogP contribution in [-0.4, -0.2) is 128 Å². The Labute approximate surface area is 338 Å². The average molecular weight is 807 g/mol. The molecule has 5 saturated heterocycles. The van der Waals surface area contributed by atoms with E-state index >= 15 is 0 Å². The smallest absolute Gasteiger partial charge is 0.335 e. The van der Waals surface area contributed by atoms with Crippen LogP contribution < -0.4 is 0 Å². The van der Waals surface area contributed by atoms with E-state index in [2.05, 4.69) is 20.4 Å². The molecule has 6 aliphatic heterocycles. The molecule has 0 aromatic heterocycles. The lowest BCUT2D eigenvalue weighted by Gasteiger charge is -2.49. The summed E-state index contributed by atoms with van der Waals surface area (Å²) in [6.45, 7) is 14.3. The van der Waals surface area contributed by atoms with E-state index in [1.807, 2.05) is 19.9 Å². The van der Waals surface area contributed by atoms with Crippen molar-refractivity contribution in [3.05, 3.63) is 36.0 Å². The molecule has 17 atom stereocenters. The zero-order valence-electron chi connectivity index (χ0n) is 34.7. The summed E-state index contributed by atoms with van der Waals surface area (Å²) in [6, 6.07) is 0. The molecule has 13 nitrogen and oxygen atoms in total. The third-order valence-corrected chi connectivity index (χ3v) is 13.6. The second kappa shape index (κ2) is 18.5. The molecule has 2 spiro atoms. The van der Waals surface area contributed by atoms with E-state index in [-0.39, 0.29) is 42.7 Å². The van der Waals surface area contributed by atoms with Crippen molar-refractivity contribution in [3.63, 3.8) is 0 Å². The van der Waals surface area contributed by atoms with Crippen LogP contribution >= 0.6 is 0 Å². The third kappa shape index (κ3) is 10.4. The van der Waals surface area contributed by atoms with E-state index in [4.69, 9.17) is 28.4 Å². The number of carboxylic acid groups (broad SMARTS) is 1. The molecule has 3 unspecified atom stereocenters. The fraction of sp³-hybridized carbons (Fsp3) is 0.841. The first-order valence-electron chi connectivity index (χ1n) is 21.6. The molecule has 0 saturated carbocycles. The Hall–Kier alpha value is -1.75. The van der Waals surface area contributed by atoms with Crippen LogP contribution in [0.25, 0.3) is 0 Å². The number of aliphatic hydroxyl groups excluding tert-OH is 4. The summed E-state index contributed by atoms with van der Waals surface area (Å²) in [5, 5.41) is 64.6. The van der Waals surface area contributed by atoms with Gasteiger partial charge in [0.2, 0.25) is 5.79 Å². The first-order valence-corrected chi connectivity index (χ1v) is 21.6. The SMILES string of the molecule is C=C1[C@@H](O)C2O[C@H](CC[C@@H](O)/C=C/[C@@H](C)[C@@H]3CC(C)=C[C@@]4(O[C@H](C[C@@](C)(O)C(=O)O)CC[C@H]4O)O3)CCC2O[C@@H]1[C@@H](O)C[C@H](C)C1O[C@@]2(CCCCO2)CC[C@H]1C. The van der Waals surface area contributed by atoms with Crippen LogP contribution in [0.15, 0.2) is 36.0 Å². The maximum absolute atomic E-state index is 11.5. The van der Waals surface area contributed by atoms with Crippen molar-refractivity contribution in [1.29, 1.82) is 0 Å². The minimum absolute atomic E-state index is 0.0424. The van der Waals surface area contributed by atoms with Crippen molar-refractivity contribution in [2.24, 2.45) is 17.8 Å². The Bertz CT molecular complexity index is 1440. The summed E-state index contributed by atoms with van der Waals surface area (Å²) in [4.78, 5) is 11.5. The van der Waals surface area contributed by atoms with Gasteiger partial charge in [-0.05, 0) is 108 Å². The third-order valence-electron chi connectivity index (χ3n) is 13.6. The maximum Gasteiger partial charge on any atom is 0.335 e. The van der Waals surface area contributed by atoms with Gasteiger partial charge in [-0.1, -0.05) is 45.1 Å². The highest BCUT2D eigenvalue weighted by Crippen LogP contribution is 2.44. The van der Waals surface area contributed by atoms with E-state index in [9.17, 15) is 35.4 Å². The van der Waals surface area contributed by atoms with Crippen molar-refractivity contribution in [2.45, 2.75) is 209 Å². The topological polar surface area (TPSA) is 194 Å². The van der Waals surface area contributed by atoms with Crippen LogP contribution in [0.3, 0.4) is 0 Å². The quantitative estimate of drug-likeness (QED) is 0.139. The van der Waals surface area contributed by atoms with Gasteiger partial charge in [0.05, 0.1) is 49.3 Å². The lowest BCUT2D eigenvalue weighted by Crippen LogP contribution is -2.57. The van der Waals surface area contributed by atoms with Gasteiger partial charge in [-0.15, -0.1) is 0 Å². The van der Waals surface area contributed by atoms with Crippen LogP contribution in [0, 0.1) is 17.8 Å². The number of carbonyl (C=O) groups is 1. The first-order chi connectivity index (χ1) is 26.9. The Morgan fingerprint density at radius 1 is 1.02 bits per heavy atom. The summed E-state index contributed by atoms with van der Waals surface area (Å²) < 4.78 is 38.2. The number of aliphatic carboxylic acids is 1. The molecule has 324 valence electrons. The van der Waals surface area contributed by atoms with Gasteiger partial charge in [0.1, 0.15) is 24.4 Å². The van der Waals surface area contributed by atoms with Crippen LogP contribution in [-0.2, 0) is 33.2 Å². The second-order valence-corrected chi connectivity index (χ2v) is 18.6. The molecular formula is C44H70O13. The molecule has 5 fully saturated rings. The van der Waals surface area contributed by atoms with Crippen LogP contribution in [0.1, 0.15) is 125 Å². The predicted molar refractivity (Wildman–Crippen MR) is 210 cm³/mol. The van der Waals surface area contributed by atoms with Crippen molar-refractivity contribution >= 4 is 5.97 Å². The average Bonchev–Trinajstić information content (AvgIpc) is 3.16. The second-order valence-electron chi connectivity index (χ2n) is 18.6. The van der Waals surface area contributed by atoms with Gasteiger partial charge in [0, 0.05) is 25.2 Å². The van der Waals surface area contributed by atoms with E-state index < -0.39 is 65.9 Å². The summed E-state index contributed by atoms with van der Waals surface area (Å²) in [6.07, 6.45) is 7.92. The number of hydrogen-bond donors (Lipinski definition) is 6. The molecule has 57 heavy (non-hydrogen) atoms. The lowest BCUT2D eigenvalue weighted by atomic mass is 9.79. The maximum atomic E-state index is 11.5. The van der Waals surface area contributed by atoms with Gasteiger partial charge in [-0.25, -0.2) is 4.79 Å². The molecule has 6 aliphatic rings. The molecule has 6 rings (SSSR count). The van der Waals surface area contributed by atoms with Gasteiger partial charge >= 0.3 is 5.97 Å². The summed E-state index contributed by atoms with van der Waals surface area (Å²) in [7, 11) is 0. The van der Waals surface area contributed by atoms with E-state index in [0.29, 0.717) is 62.9 Å². The highest BCUT2D eigenvalue weighted by Gasteiger charge is 2.51. The molecule has 0 aromatic carbocycles. The Morgan fingerprint density at radius 3 is 2.49 bits per heavy atom. The largest absolute Gasteiger partial charge is 0.479 e. The molecule has 6 N–H and O–H groups in total. The predicted octanol–water partition coefficient (Wildman–Crippen LogP) is 4.85. The zero-order chi connectivity index (χ0) is 41.3. The number of fused-ring (bicyclic) bond motifs is 1. The standard InChI is InChI=1S/C44H70O13/c1-25-21-35(56-44(23-25)36(47)16-14-32(55-44)24-42(6,51)41(49)50)26(2)9-10-30(45)11-12-31-13-15-34-40(53-31)37(48)29(5)39(54-34)33(46)22-28(4)38-27(3)17-19-43(57-38)18-7-8-20-52-43/h9-10,23,26-28,30-40,45-48,51H,5,7-8,11-22,24H2,1-4,6H3,(H,49,50)/b10-9+/t26-,27-,28+,30+,31-,32+,33+,34?,35+,36-,37-,38?,39+,40?,42-,43+,44-/m1/s1. The number of carboxylic acids is 1. The van der Waals surface area contributed by atoms with Gasteiger partial charge in [-0.2, -0.15) is 0 Å². The number of hydrogen-bond acceptors (Lipinski definition) is 12. The van der Waals surface area contributed by atoms with Gasteiger partial charge < -0.3 is 59.1 Å². The highest BCUT2D eigenvalue weighted by atomic mass is 16.7. The van der Waals surface area contributed by atoms with Crippen LogP contribution in [0.2, 0.25) is 0 Å². The summed E-state index contributed by atoms with van der Waals surface area (Å²) >= 11 is 0. The van der Waals surface area contributed by atoms with Gasteiger partial charge in [0.15, 0.2) is 11.4 Å². The lowest BCUT2D eigenvalue weighted by molar-refractivity contribution is -0.320. The number of ether oxygens (including phenoxy) is 6. The molecule has 0 aliphatic carbocycles. The molecule has 6 heterocycles. The van der Waals surface area contributed by atoms with E-state index in [0.717, 1.165) is 44.3 Å². The molecule has 0 amide bonds. The summed E-state index contributed by atoms with van der Waals surface area (Å²) in [5.41, 5.74) is -0.591. The molecule has 0 aromatic rings.